The van der Waals surface area contributed by atoms with Gasteiger partial charge in [-0.1, -0.05) is 34.1 Å². The fourth-order valence-corrected chi connectivity index (χ4v) is 6.43. The van der Waals surface area contributed by atoms with Crippen LogP contribution in [0, 0.1) is 25.2 Å². The second-order valence-electron chi connectivity index (χ2n) is 10.1. The summed E-state index contributed by atoms with van der Waals surface area (Å²) in [7, 11) is -1.51. The van der Waals surface area contributed by atoms with Gasteiger partial charge < -0.3 is 14.5 Å². The molecule has 2 aliphatic carbocycles. The molecule has 1 unspecified atom stereocenters. The van der Waals surface area contributed by atoms with E-state index in [1.54, 1.807) is 0 Å². The zero-order valence-electron chi connectivity index (χ0n) is 17.6. The number of hydrogen-bond donors (Lipinski definition) is 2. The lowest BCUT2D eigenvalue weighted by Crippen LogP contribution is -2.44. The molecule has 1 heterocycles. The summed E-state index contributed by atoms with van der Waals surface area (Å²) in [6, 6.07) is 2.22. The molecule has 27 heavy (non-hydrogen) atoms. The first kappa shape index (κ1) is 19.1. The van der Waals surface area contributed by atoms with Crippen molar-refractivity contribution >= 4 is 23.6 Å². The lowest BCUT2D eigenvalue weighted by atomic mass is 9.53. The molecule has 1 saturated carbocycles. The smallest absolute Gasteiger partial charge is 0.461 e. The second-order valence-corrected chi connectivity index (χ2v) is 10.1. The minimum absolute atomic E-state index is 0.0759. The predicted molar refractivity (Wildman–Crippen MR) is 112 cm³/mol. The van der Waals surface area contributed by atoms with Gasteiger partial charge in [0.05, 0.1) is 0 Å². The van der Waals surface area contributed by atoms with Crippen LogP contribution in [0.25, 0.3) is 11.0 Å². The summed E-state index contributed by atoms with van der Waals surface area (Å²) < 4.78 is 6.47. The minimum Gasteiger partial charge on any atom is -0.461 e. The molecule has 1 aromatic carbocycles. The van der Waals surface area contributed by atoms with Crippen LogP contribution < -0.4 is 5.46 Å². The molecule has 4 heteroatoms. The van der Waals surface area contributed by atoms with Gasteiger partial charge in [0.1, 0.15) is 11.3 Å². The van der Waals surface area contributed by atoms with E-state index in [4.69, 9.17) is 4.42 Å². The van der Waals surface area contributed by atoms with Gasteiger partial charge in [0.25, 0.3) is 0 Å². The first-order valence-electron chi connectivity index (χ1n) is 10.5. The van der Waals surface area contributed by atoms with Crippen molar-refractivity contribution in [2.75, 3.05) is 0 Å². The topological polar surface area (TPSA) is 53.6 Å². The van der Waals surface area contributed by atoms with Crippen LogP contribution in [0.1, 0.15) is 88.2 Å². The van der Waals surface area contributed by atoms with Crippen molar-refractivity contribution in [1.29, 1.82) is 0 Å². The second kappa shape index (κ2) is 6.12. The van der Waals surface area contributed by atoms with Crippen molar-refractivity contribution in [2.24, 2.45) is 11.3 Å². The highest BCUT2D eigenvalue weighted by atomic mass is 16.4. The first-order valence-corrected chi connectivity index (χ1v) is 10.5. The predicted octanol–water partition coefficient (Wildman–Crippen LogP) is 4.71. The SMILES string of the molecule is Cc1cc2c3c(oc2c(B(O)O)c1C)C(C)CC[C@@H]1C(C)(C)CCC[C@@]31C. The van der Waals surface area contributed by atoms with E-state index in [-0.39, 0.29) is 5.41 Å². The van der Waals surface area contributed by atoms with E-state index in [9.17, 15) is 10.0 Å². The van der Waals surface area contributed by atoms with Crippen LogP contribution in [0.5, 0.6) is 0 Å². The molecule has 0 radical (unpaired) electrons. The number of fused-ring (bicyclic) bond motifs is 5. The third-order valence-electron chi connectivity index (χ3n) is 7.97. The van der Waals surface area contributed by atoms with Gasteiger partial charge in [-0.05, 0) is 73.5 Å². The number of hydrogen-bond acceptors (Lipinski definition) is 3. The molecule has 0 aliphatic heterocycles. The Bertz CT molecular complexity index is 895. The van der Waals surface area contributed by atoms with E-state index in [0.717, 1.165) is 28.7 Å². The molecule has 2 N–H and O–H groups in total. The molecule has 0 bridgehead atoms. The standard InChI is InChI=1S/C23H33BO3/c1-13-8-9-17-22(4,5)10-7-11-23(17,6)18-16-12-14(2)15(3)19(24(25)26)21(16)27-20(13)18/h12-13,17,25-26H,7-11H2,1-6H3/t13?,17-,23-/m1/s1. The number of rotatable bonds is 1. The van der Waals surface area contributed by atoms with Gasteiger partial charge in [0.2, 0.25) is 0 Å². The third-order valence-corrected chi connectivity index (χ3v) is 7.97. The molecule has 1 fully saturated rings. The van der Waals surface area contributed by atoms with E-state index >= 15 is 0 Å². The Hall–Kier alpha value is -1.26. The summed E-state index contributed by atoms with van der Waals surface area (Å²) in [6.07, 6.45) is 6.06. The Morgan fingerprint density at radius 2 is 1.81 bits per heavy atom. The first-order chi connectivity index (χ1) is 12.6. The zero-order chi connectivity index (χ0) is 19.7. The highest BCUT2D eigenvalue weighted by Crippen LogP contribution is 2.59. The summed E-state index contributed by atoms with van der Waals surface area (Å²) in [5.74, 6) is 2.06. The maximum atomic E-state index is 10.1. The fraction of sp³-hybridized carbons (Fsp3) is 0.652. The Labute approximate surface area is 163 Å². The molecule has 0 amide bonds. The van der Waals surface area contributed by atoms with E-state index in [1.165, 1.54) is 31.2 Å². The van der Waals surface area contributed by atoms with E-state index < -0.39 is 7.12 Å². The molecular formula is C23H33BO3. The zero-order valence-corrected chi connectivity index (χ0v) is 17.6. The summed E-state index contributed by atoms with van der Waals surface area (Å²) >= 11 is 0. The normalized spacial score (nSPS) is 29.9. The lowest BCUT2D eigenvalue weighted by molar-refractivity contribution is 0.0504. The number of aryl methyl sites for hydroxylation is 1. The Kier molecular flexibility index (Phi) is 4.32. The van der Waals surface area contributed by atoms with Crippen molar-refractivity contribution in [3.63, 3.8) is 0 Å². The molecule has 3 nitrogen and oxygen atoms in total. The summed E-state index contributed by atoms with van der Waals surface area (Å²) in [5, 5.41) is 21.3. The Morgan fingerprint density at radius 3 is 2.48 bits per heavy atom. The van der Waals surface area contributed by atoms with Gasteiger partial charge in [-0.25, -0.2) is 0 Å². The van der Waals surface area contributed by atoms with Crippen LogP contribution in [-0.4, -0.2) is 17.2 Å². The van der Waals surface area contributed by atoms with E-state index in [1.807, 2.05) is 6.92 Å². The molecule has 0 spiro atoms. The third kappa shape index (κ3) is 2.63. The van der Waals surface area contributed by atoms with Crippen LogP contribution >= 0.6 is 0 Å². The molecule has 1 aromatic heterocycles. The largest absolute Gasteiger partial charge is 0.492 e. The van der Waals surface area contributed by atoms with Gasteiger partial charge >= 0.3 is 7.12 Å². The van der Waals surface area contributed by atoms with Gasteiger partial charge in [-0.2, -0.15) is 0 Å². The van der Waals surface area contributed by atoms with Gasteiger partial charge in [0, 0.05) is 22.3 Å². The van der Waals surface area contributed by atoms with Crippen molar-refractivity contribution in [3.8, 4) is 0 Å². The lowest BCUT2D eigenvalue weighted by Gasteiger charge is -2.50. The van der Waals surface area contributed by atoms with Crippen molar-refractivity contribution in [1.82, 2.24) is 0 Å². The minimum atomic E-state index is -1.51. The van der Waals surface area contributed by atoms with Gasteiger partial charge in [0.15, 0.2) is 0 Å². The molecule has 2 aliphatic rings. The number of benzene rings is 1. The average Bonchev–Trinajstić information content (AvgIpc) is 2.88. The van der Waals surface area contributed by atoms with E-state index in [0.29, 0.717) is 28.3 Å². The fourth-order valence-electron chi connectivity index (χ4n) is 6.43. The van der Waals surface area contributed by atoms with Crippen molar-refractivity contribution in [3.05, 3.63) is 28.5 Å². The maximum Gasteiger partial charge on any atom is 0.492 e. The molecule has 0 saturated heterocycles. The summed E-state index contributed by atoms with van der Waals surface area (Å²) in [5.41, 5.74) is 4.99. The molecule has 4 rings (SSSR count). The average molecular weight is 368 g/mol. The van der Waals surface area contributed by atoms with Crippen LogP contribution in [-0.2, 0) is 5.41 Å². The van der Waals surface area contributed by atoms with Crippen LogP contribution in [0.2, 0.25) is 0 Å². The van der Waals surface area contributed by atoms with Crippen molar-refractivity contribution in [2.45, 2.75) is 85.0 Å². The van der Waals surface area contributed by atoms with Crippen LogP contribution in [0.15, 0.2) is 10.5 Å². The highest BCUT2D eigenvalue weighted by Gasteiger charge is 2.51. The molecular weight excluding hydrogens is 335 g/mol. The monoisotopic (exact) mass is 368 g/mol. The Balaban J connectivity index is 2.08. The number of furan rings is 1. The van der Waals surface area contributed by atoms with Crippen LogP contribution in [0.3, 0.4) is 0 Å². The van der Waals surface area contributed by atoms with E-state index in [2.05, 4.69) is 40.7 Å². The molecule has 146 valence electrons. The van der Waals surface area contributed by atoms with Gasteiger partial charge in [-0.3, -0.25) is 0 Å². The Morgan fingerprint density at radius 1 is 1.11 bits per heavy atom. The van der Waals surface area contributed by atoms with Gasteiger partial charge in [-0.15, -0.1) is 0 Å². The maximum absolute atomic E-state index is 10.1. The summed E-state index contributed by atoms with van der Waals surface area (Å²) in [4.78, 5) is 0. The molecule has 3 atom stereocenters. The quantitative estimate of drug-likeness (QED) is 0.717. The van der Waals surface area contributed by atoms with Crippen LogP contribution in [0.4, 0.5) is 0 Å². The van der Waals surface area contributed by atoms with Crippen molar-refractivity contribution < 1.29 is 14.5 Å². The molecule has 2 aromatic rings. The summed E-state index contributed by atoms with van der Waals surface area (Å²) in [6.45, 7) is 13.6. The highest BCUT2D eigenvalue weighted by molar-refractivity contribution is 6.62.